The molecule has 0 radical (unpaired) electrons. The van der Waals surface area contributed by atoms with Gasteiger partial charge in [-0.15, -0.1) is 11.3 Å². The summed E-state index contributed by atoms with van der Waals surface area (Å²) in [6.45, 7) is 0. The quantitative estimate of drug-likeness (QED) is 0.665. The Bertz CT molecular complexity index is 836. The van der Waals surface area contributed by atoms with Gasteiger partial charge in [-0.1, -0.05) is 30.3 Å². The van der Waals surface area contributed by atoms with Crippen LogP contribution in [0.5, 0.6) is 0 Å². The van der Waals surface area contributed by atoms with Gasteiger partial charge in [-0.05, 0) is 30.1 Å². The van der Waals surface area contributed by atoms with Crippen molar-refractivity contribution in [2.24, 2.45) is 0 Å². The highest BCUT2D eigenvalue weighted by atomic mass is 32.2. The maximum atomic E-state index is 11.5. The molecule has 24 heavy (non-hydrogen) atoms. The average Bonchev–Trinajstić information content (AvgIpc) is 3.04. The number of aliphatic carboxylic acids is 1. The fourth-order valence-corrected chi connectivity index (χ4v) is 3.85. The minimum atomic E-state index is -0.866. The lowest BCUT2D eigenvalue weighted by Crippen LogP contribution is -2.30. The van der Waals surface area contributed by atoms with Crippen LogP contribution in [0.3, 0.4) is 0 Å². The predicted octanol–water partition coefficient (Wildman–Crippen LogP) is 3.98. The van der Waals surface area contributed by atoms with Gasteiger partial charge >= 0.3 is 5.97 Å². The molecule has 3 rings (SSSR count). The number of thioether (sulfide) groups is 1. The number of carboxylic acids is 1. The van der Waals surface area contributed by atoms with Crippen LogP contribution in [0.25, 0.3) is 20.7 Å². The fraction of sp³-hybridized carbons (Fsp3) is 0.235. The molecule has 0 saturated carbocycles. The van der Waals surface area contributed by atoms with Crippen LogP contribution in [0, 0.1) is 0 Å². The molecule has 0 aliphatic rings. The second kappa shape index (κ2) is 7.63. The summed E-state index contributed by atoms with van der Waals surface area (Å²) in [6, 6.07) is 11.4. The number of rotatable bonds is 7. The largest absolute Gasteiger partial charge is 0.480 e. The number of anilines is 1. The van der Waals surface area contributed by atoms with E-state index >= 15 is 0 Å². The summed E-state index contributed by atoms with van der Waals surface area (Å²) in [5, 5.41) is 13.3. The average molecular weight is 359 g/mol. The Kier molecular flexibility index (Phi) is 5.32. The minimum absolute atomic E-state index is 0.539. The van der Waals surface area contributed by atoms with E-state index in [1.54, 1.807) is 23.1 Å². The summed E-state index contributed by atoms with van der Waals surface area (Å²) in [5.41, 5.74) is 1.11. The lowest BCUT2D eigenvalue weighted by Gasteiger charge is -2.14. The number of carbonyl (C=O) groups is 1. The molecule has 1 atom stereocenters. The Labute approximate surface area is 148 Å². The van der Waals surface area contributed by atoms with Gasteiger partial charge in [-0.25, -0.2) is 14.8 Å². The van der Waals surface area contributed by atoms with Crippen LogP contribution in [-0.4, -0.2) is 39.1 Å². The number of benzene rings is 1. The van der Waals surface area contributed by atoms with E-state index in [1.807, 2.05) is 42.7 Å². The number of aromatic nitrogens is 2. The van der Waals surface area contributed by atoms with E-state index in [0.29, 0.717) is 12.2 Å². The minimum Gasteiger partial charge on any atom is -0.480 e. The van der Waals surface area contributed by atoms with Crippen molar-refractivity contribution in [3.05, 3.63) is 42.7 Å². The van der Waals surface area contributed by atoms with Crippen LogP contribution >= 0.6 is 23.1 Å². The highest BCUT2D eigenvalue weighted by molar-refractivity contribution is 7.98. The van der Waals surface area contributed by atoms with Gasteiger partial charge in [0.1, 0.15) is 23.0 Å². The normalized spacial score (nSPS) is 12.2. The van der Waals surface area contributed by atoms with Gasteiger partial charge in [0.25, 0.3) is 0 Å². The standard InChI is InChI=1S/C17H17N3O2S2/c1-23-8-7-13(17(21)22)20-15-12-9-14(11-5-3-2-4-6-11)24-16(12)19-10-18-15/h2-6,9-10,13H,7-8H2,1H3,(H,21,22)(H,18,19,20). The summed E-state index contributed by atoms with van der Waals surface area (Å²) >= 11 is 3.20. The first-order valence-corrected chi connectivity index (χ1v) is 9.68. The fourth-order valence-electron chi connectivity index (χ4n) is 2.37. The number of fused-ring (bicyclic) bond motifs is 1. The summed E-state index contributed by atoms with van der Waals surface area (Å²) in [4.78, 5) is 22.0. The number of thiophene rings is 1. The van der Waals surface area contributed by atoms with Crippen LogP contribution in [0.1, 0.15) is 6.42 Å². The Hall–Kier alpha value is -2.12. The van der Waals surface area contributed by atoms with Crippen molar-refractivity contribution >= 4 is 45.1 Å². The van der Waals surface area contributed by atoms with E-state index in [-0.39, 0.29) is 0 Å². The van der Waals surface area contributed by atoms with Crippen molar-refractivity contribution < 1.29 is 9.90 Å². The van der Waals surface area contributed by atoms with Crippen LogP contribution in [0.15, 0.2) is 42.7 Å². The Balaban J connectivity index is 1.93. The maximum absolute atomic E-state index is 11.5. The zero-order valence-corrected chi connectivity index (χ0v) is 14.7. The van der Waals surface area contributed by atoms with Gasteiger partial charge in [0.05, 0.1) is 5.39 Å². The molecule has 0 aliphatic carbocycles. The number of hydrogen-bond donors (Lipinski definition) is 2. The second-order valence-electron chi connectivity index (χ2n) is 5.23. The van der Waals surface area contributed by atoms with Gasteiger partial charge in [0, 0.05) is 4.88 Å². The van der Waals surface area contributed by atoms with Gasteiger partial charge in [-0.3, -0.25) is 0 Å². The highest BCUT2D eigenvalue weighted by Crippen LogP contribution is 2.35. The molecule has 5 nitrogen and oxygen atoms in total. The third kappa shape index (κ3) is 3.68. The molecule has 0 spiro atoms. The Morgan fingerprint density at radius 3 is 2.83 bits per heavy atom. The molecule has 2 aromatic heterocycles. The summed E-state index contributed by atoms with van der Waals surface area (Å²) in [6.07, 6.45) is 3.98. The van der Waals surface area contributed by atoms with Crippen LogP contribution in [0.4, 0.5) is 5.82 Å². The van der Waals surface area contributed by atoms with Gasteiger partial charge < -0.3 is 10.4 Å². The third-order valence-corrected chi connectivity index (χ3v) is 5.34. The maximum Gasteiger partial charge on any atom is 0.326 e. The predicted molar refractivity (Wildman–Crippen MR) is 101 cm³/mol. The summed E-state index contributed by atoms with van der Waals surface area (Å²) < 4.78 is 0. The molecule has 1 aromatic carbocycles. The lowest BCUT2D eigenvalue weighted by atomic mass is 10.2. The molecule has 0 fully saturated rings. The molecule has 7 heteroatoms. The van der Waals surface area contributed by atoms with Crippen molar-refractivity contribution in [2.75, 3.05) is 17.3 Å². The molecule has 2 N–H and O–H groups in total. The number of hydrogen-bond acceptors (Lipinski definition) is 6. The monoisotopic (exact) mass is 359 g/mol. The Morgan fingerprint density at radius 2 is 2.12 bits per heavy atom. The van der Waals surface area contributed by atoms with Crippen molar-refractivity contribution in [1.82, 2.24) is 9.97 Å². The summed E-state index contributed by atoms with van der Waals surface area (Å²) in [7, 11) is 0. The molecule has 0 bridgehead atoms. The van der Waals surface area contributed by atoms with Crippen LogP contribution in [0.2, 0.25) is 0 Å². The molecule has 124 valence electrons. The van der Waals surface area contributed by atoms with E-state index in [0.717, 1.165) is 26.4 Å². The van der Waals surface area contributed by atoms with Crippen molar-refractivity contribution in [3.63, 3.8) is 0 Å². The van der Waals surface area contributed by atoms with E-state index < -0.39 is 12.0 Å². The molecular weight excluding hydrogens is 342 g/mol. The third-order valence-electron chi connectivity index (χ3n) is 3.61. The first kappa shape index (κ1) is 16.7. The zero-order chi connectivity index (χ0) is 16.9. The number of carboxylic acid groups (broad SMARTS) is 1. The summed E-state index contributed by atoms with van der Waals surface area (Å²) in [5.74, 6) is 0.484. The van der Waals surface area contributed by atoms with E-state index in [1.165, 1.54) is 6.33 Å². The van der Waals surface area contributed by atoms with Gasteiger partial charge in [0.2, 0.25) is 0 Å². The van der Waals surface area contributed by atoms with E-state index in [9.17, 15) is 9.90 Å². The van der Waals surface area contributed by atoms with Crippen molar-refractivity contribution in [2.45, 2.75) is 12.5 Å². The molecule has 2 heterocycles. The molecule has 3 aromatic rings. The van der Waals surface area contributed by atoms with Crippen molar-refractivity contribution in [3.8, 4) is 10.4 Å². The topological polar surface area (TPSA) is 75.1 Å². The van der Waals surface area contributed by atoms with E-state index in [2.05, 4.69) is 15.3 Å². The lowest BCUT2D eigenvalue weighted by molar-refractivity contribution is -0.137. The highest BCUT2D eigenvalue weighted by Gasteiger charge is 2.19. The van der Waals surface area contributed by atoms with Crippen LogP contribution < -0.4 is 5.32 Å². The van der Waals surface area contributed by atoms with E-state index in [4.69, 9.17) is 0 Å². The molecule has 0 aliphatic heterocycles. The van der Waals surface area contributed by atoms with Gasteiger partial charge in [0.15, 0.2) is 0 Å². The smallest absolute Gasteiger partial charge is 0.326 e. The van der Waals surface area contributed by atoms with Gasteiger partial charge in [-0.2, -0.15) is 11.8 Å². The molecule has 1 unspecified atom stereocenters. The van der Waals surface area contributed by atoms with Crippen LogP contribution in [-0.2, 0) is 4.79 Å². The van der Waals surface area contributed by atoms with Crippen molar-refractivity contribution in [1.29, 1.82) is 0 Å². The zero-order valence-electron chi connectivity index (χ0n) is 13.1. The molecule has 0 saturated heterocycles. The Morgan fingerprint density at radius 1 is 1.33 bits per heavy atom. The first-order valence-electron chi connectivity index (χ1n) is 7.47. The first-order chi connectivity index (χ1) is 11.7. The second-order valence-corrected chi connectivity index (χ2v) is 7.25. The number of nitrogens with one attached hydrogen (secondary N) is 1. The molecular formula is C17H17N3O2S2. The number of nitrogens with zero attached hydrogens (tertiary/aromatic N) is 2. The SMILES string of the molecule is CSCCC(Nc1ncnc2sc(-c3ccccc3)cc12)C(=O)O. The molecule has 0 amide bonds.